The van der Waals surface area contributed by atoms with Crippen LogP contribution in [-0.4, -0.2) is 50.2 Å². The van der Waals surface area contributed by atoms with Crippen LogP contribution in [0.5, 0.6) is 0 Å². The maximum absolute atomic E-state index is 13.2. The number of rotatable bonds is 4. The Labute approximate surface area is 154 Å². The number of anilines is 1. The molecule has 2 aromatic rings. The van der Waals surface area contributed by atoms with Gasteiger partial charge < -0.3 is 10.2 Å². The van der Waals surface area contributed by atoms with E-state index in [2.05, 4.69) is 10.2 Å². The summed E-state index contributed by atoms with van der Waals surface area (Å²) in [6.45, 7) is 3.19. The number of benzene rings is 2. The molecule has 0 aliphatic carbocycles. The van der Waals surface area contributed by atoms with Gasteiger partial charge in [0.2, 0.25) is 15.9 Å². The van der Waals surface area contributed by atoms with Gasteiger partial charge in [-0.3, -0.25) is 4.79 Å². The van der Waals surface area contributed by atoms with Crippen LogP contribution in [0, 0.1) is 0 Å². The summed E-state index contributed by atoms with van der Waals surface area (Å²) in [6.07, 6.45) is 0. The molecule has 2 aromatic carbocycles. The summed E-state index contributed by atoms with van der Waals surface area (Å²) in [5.74, 6) is -0.191. The first-order chi connectivity index (χ1) is 12.4. The number of hydrogen-bond acceptors (Lipinski definition) is 4. The van der Waals surface area contributed by atoms with Gasteiger partial charge in [-0.05, 0) is 36.9 Å². The molecule has 1 N–H and O–H groups in total. The van der Waals surface area contributed by atoms with E-state index in [0.29, 0.717) is 25.3 Å². The normalized spacial score (nSPS) is 19.2. The van der Waals surface area contributed by atoms with Crippen LogP contribution in [0.25, 0.3) is 0 Å². The molecule has 138 valence electrons. The summed E-state index contributed by atoms with van der Waals surface area (Å²) in [5, 5.41) is 2.65. The zero-order valence-corrected chi connectivity index (χ0v) is 15.7. The minimum atomic E-state index is -3.63. The summed E-state index contributed by atoms with van der Waals surface area (Å²) in [4.78, 5) is 13.5. The van der Waals surface area contributed by atoms with Gasteiger partial charge in [-0.2, -0.15) is 4.31 Å². The first kappa shape index (κ1) is 18.6. The summed E-state index contributed by atoms with van der Waals surface area (Å²) >= 11 is 0. The second kappa shape index (κ2) is 7.57. The lowest BCUT2D eigenvalue weighted by Crippen LogP contribution is -2.49. The molecular formula is C19H23N3O3S. The summed E-state index contributed by atoms with van der Waals surface area (Å²) < 4.78 is 28.0. The van der Waals surface area contributed by atoms with Gasteiger partial charge in [0.15, 0.2) is 0 Å². The molecular weight excluding hydrogens is 350 g/mol. The minimum Gasteiger partial charge on any atom is -0.326 e. The molecule has 6 nitrogen and oxygen atoms in total. The maximum Gasteiger partial charge on any atom is 0.243 e. The zero-order valence-electron chi connectivity index (χ0n) is 14.9. The number of piperazine rings is 1. The van der Waals surface area contributed by atoms with Crippen LogP contribution >= 0.6 is 0 Å². The first-order valence-electron chi connectivity index (χ1n) is 8.51. The van der Waals surface area contributed by atoms with E-state index in [-0.39, 0.29) is 16.8 Å². The molecule has 1 atom stereocenters. The van der Waals surface area contributed by atoms with E-state index in [4.69, 9.17) is 0 Å². The SMILES string of the molecule is CC(=O)Nc1ccc(S(=O)(=O)N2CCN(C)CC2c2ccccc2)cc1. The Balaban J connectivity index is 1.92. The number of likely N-dealkylation sites (N-methyl/N-ethyl adjacent to an activating group) is 1. The van der Waals surface area contributed by atoms with Crippen LogP contribution in [0.15, 0.2) is 59.5 Å². The van der Waals surface area contributed by atoms with Crippen molar-refractivity contribution < 1.29 is 13.2 Å². The van der Waals surface area contributed by atoms with Crippen molar-refractivity contribution in [2.24, 2.45) is 0 Å². The van der Waals surface area contributed by atoms with Gasteiger partial charge in [-0.1, -0.05) is 30.3 Å². The molecule has 1 heterocycles. The highest BCUT2D eigenvalue weighted by Crippen LogP contribution is 2.31. The fraction of sp³-hybridized carbons (Fsp3) is 0.316. The molecule has 0 bridgehead atoms. The number of sulfonamides is 1. The topological polar surface area (TPSA) is 69.7 Å². The highest BCUT2D eigenvalue weighted by atomic mass is 32.2. The number of nitrogens with zero attached hydrogens (tertiary/aromatic N) is 2. The number of carbonyl (C=O) groups is 1. The molecule has 26 heavy (non-hydrogen) atoms. The van der Waals surface area contributed by atoms with Crippen LogP contribution in [0.1, 0.15) is 18.5 Å². The molecule has 1 saturated heterocycles. The predicted octanol–water partition coefficient (Wildman–Crippen LogP) is 2.32. The molecule has 0 radical (unpaired) electrons. The van der Waals surface area contributed by atoms with Crippen molar-refractivity contribution in [3.05, 3.63) is 60.2 Å². The average Bonchev–Trinajstić information content (AvgIpc) is 2.62. The summed E-state index contributed by atoms with van der Waals surface area (Å²) in [6, 6.07) is 15.8. The standard InChI is InChI=1S/C19H23N3O3S/c1-15(23)20-17-8-10-18(11-9-17)26(24,25)22-13-12-21(2)14-19(22)16-6-4-3-5-7-16/h3-11,19H,12-14H2,1-2H3,(H,20,23). The fourth-order valence-corrected chi connectivity index (χ4v) is 4.78. The van der Waals surface area contributed by atoms with E-state index in [1.807, 2.05) is 37.4 Å². The second-order valence-corrected chi connectivity index (χ2v) is 8.40. The van der Waals surface area contributed by atoms with Gasteiger partial charge in [0.05, 0.1) is 10.9 Å². The lowest BCUT2D eigenvalue weighted by atomic mass is 10.1. The smallest absolute Gasteiger partial charge is 0.243 e. The van der Waals surface area contributed by atoms with Gasteiger partial charge in [-0.25, -0.2) is 8.42 Å². The van der Waals surface area contributed by atoms with Crippen LogP contribution in [0.3, 0.4) is 0 Å². The number of carbonyl (C=O) groups excluding carboxylic acids is 1. The van der Waals surface area contributed by atoms with E-state index in [1.165, 1.54) is 6.92 Å². The number of amides is 1. The molecule has 0 aromatic heterocycles. The van der Waals surface area contributed by atoms with Crippen molar-refractivity contribution in [3.8, 4) is 0 Å². The van der Waals surface area contributed by atoms with E-state index in [9.17, 15) is 13.2 Å². The molecule has 0 spiro atoms. The van der Waals surface area contributed by atoms with Crippen molar-refractivity contribution in [3.63, 3.8) is 0 Å². The van der Waals surface area contributed by atoms with Crippen molar-refractivity contribution >= 4 is 21.6 Å². The Morgan fingerprint density at radius 3 is 2.31 bits per heavy atom. The lowest BCUT2D eigenvalue weighted by molar-refractivity contribution is -0.114. The highest BCUT2D eigenvalue weighted by Gasteiger charge is 2.35. The third-order valence-corrected chi connectivity index (χ3v) is 6.42. The van der Waals surface area contributed by atoms with Gasteiger partial charge in [0.25, 0.3) is 0 Å². The van der Waals surface area contributed by atoms with Crippen LogP contribution < -0.4 is 5.32 Å². The van der Waals surface area contributed by atoms with Gasteiger partial charge >= 0.3 is 0 Å². The van der Waals surface area contributed by atoms with Gasteiger partial charge in [0, 0.05) is 32.2 Å². The monoisotopic (exact) mass is 373 g/mol. The third kappa shape index (κ3) is 3.95. The number of nitrogens with one attached hydrogen (secondary N) is 1. The summed E-state index contributed by atoms with van der Waals surface area (Å²) in [5.41, 5.74) is 1.56. The molecule has 1 unspecified atom stereocenters. The van der Waals surface area contributed by atoms with Crippen LogP contribution in [0.2, 0.25) is 0 Å². The fourth-order valence-electron chi connectivity index (χ4n) is 3.19. The van der Waals surface area contributed by atoms with Crippen LogP contribution in [-0.2, 0) is 14.8 Å². The summed E-state index contributed by atoms with van der Waals surface area (Å²) in [7, 11) is -1.63. The van der Waals surface area contributed by atoms with Crippen molar-refractivity contribution in [2.75, 3.05) is 32.0 Å². The molecule has 1 fully saturated rings. The molecule has 3 rings (SSSR count). The largest absolute Gasteiger partial charge is 0.326 e. The average molecular weight is 373 g/mol. The number of hydrogen-bond donors (Lipinski definition) is 1. The Bertz CT molecular complexity index is 867. The highest BCUT2D eigenvalue weighted by molar-refractivity contribution is 7.89. The van der Waals surface area contributed by atoms with E-state index < -0.39 is 10.0 Å². The van der Waals surface area contributed by atoms with E-state index in [1.54, 1.807) is 28.6 Å². The lowest BCUT2D eigenvalue weighted by Gasteiger charge is -2.39. The third-order valence-electron chi connectivity index (χ3n) is 4.50. The predicted molar refractivity (Wildman–Crippen MR) is 101 cm³/mol. The van der Waals surface area contributed by atoms with Gasteiger partial charge in [-0.15, -0.1) is 0 Å². The zero-order chi connectivity index (χ0) is 18.7. The molecule has 7 heteroatoms. The second-order valence-electron chi connectivity index (χ2n) is 6.51. The quantitative estimate of drug-likeness (QED) is 0.893. The Morgan fingerprint density at radius 1 is 1.04 bits per heavy atom. The van der Waals surface area contributed by atoms with E-state index >= 15 is 0 Å². The Morgan fingerprint density at radius 2 is 1.69 bits per heavy atom. The molecule has 1 aliphatic rings. The van der Waals surface area contributed by atoms with Crippen molar-refractivity contribution in [1.82, 2.24) is 9.21 Å². The van der Waals surface area contributed by atoms with Gasteiger partial charge in [0.1, 0.15) is 0 Å². The molecule has 0 saturated carbocycles. The van der Waals surface area contributed by atoms with E-state index in [0.717, 1.165) is 5.56 Å². The van der Waals surface area contributed by atoms with Crippen molar-refractivity contribution in [1.29, 1.82) is 0 Å². The maximum atomic E-state index is 13.2. The minimum absolute atomic E-state index is 0.191. The van der Waals surface area contributed by atoms with Crippen molar-refractivity contribution in [2.45, 2.75) is 17.9 Å². The molecule has 1 aliphatic heterocycles. The Kier molecular flexibility index (Phi) is 5.41. The molecule has 1 amide bonds. The van der Waals surface area contributed by atoms with Crippen LogP contribution in [0.4, 0.5) is 5.69 Å². The first-order valence-corrected chi connectivity index (χ1v) is 9.95. The Hall–Kier alpha value is -2.22.